The number of ether oxygens (including phenoxy) is 2. The average molecular weight is 310 g/mol. The van der Waals surface area contributed by atoms with Gasteiger partial charge in [0.2, 0.25) is 0 Å². The average Bonchev–Trinajstić information content (AvgIpc) is 2.51. The summed E-state index contributed by atoms with van der Waals surface area (Å²) >= 11 is 0. The number of hydrogen-bond acceptors (Lipinski definition) is 7. The smallest absolute Gasteiger partial charge is 0.125 e. The van der Waals surface area contributed by atoms with Crippen LogP contribution in [0.15, 0.2) is 36.5 Å². The van der Waals surface area contributed by atoms with Gasteiger partial charge in [0.1, 0.15) is 24.7 Å². The fraction of sp³-hybridized carbons (Fsp3) is 0.467. The van der Waals surface area contributed by atoms with Gasteiger partial charge in [-0.15, -0.1) is 0 Å². The summed E-state index contributed by atoms with van der Waals surface area (Å²) in [5, 5.41) is 24.3. The summed E-state index contributed by atoms with van der Waals surface area (Å²) < 4.78 is 10.5. The summed E-state index contributed by atoms with van der Waals surface area (Å²) in [6.07, 6.45) is 0. The molecule has 0 radical (unpaired) electrons. The number of rotatable bonds is 9. The van der Waals surface area contributed by atoms with Gasteiger partial charge in [0.05, 0.1) is 0 Å². The molecule has 1 aromatic carbocycles. The molecule has 0 unspecified atom stereocenters. The summed E-state index contributed by atoms with van der Waals surface area (Å²) in [5.74, 6) is 0.573. The van der Waals surface area contributed by atoms with Crippen molar-refractivity contribution in [1.82, 2.24) is 5.23 Å². The fourth-order valence-corrected chi connectivity index (χ4v) is 1.46. The first-order chi connectivity index (χ1) is 10.3. The molecule has 0 aliphatic rings. The standard InChI is InChI=1S/C15H22N2O5/c1-12(2)17(19)22-11-10-21-14-8-6-13(7-9-14)16(18)15(3,4)20-5/h6-9H,1,10-11H2,2-5H3/q-2. The van der Waals surface area contributed by atoms with Crippen LogP contribution in [0.2, 0.25) is 0 Å². The van der Waals surface area contributed by atoms with Crippen LogP contribution in [0.1, 0.15) is 20.8 Å². The number of hydroxylamine groups is 3. The molecule has 7 nitrogen and oxygen atoms in total. The zero-order chi connectivity index (χ0) is 16.8. The van der Waals surface area contributed by atoms with Crippen LogP contribution in [0.5, 0.6) is 5.75 Å². The SMILES string of the molecule is C=C(C)N([O-])OCCOc1ccc(N([O-])C(C)(C)OC)cc1. The van der Waals surface area contributed by atoms with Gasteiger partial charge in [-0.2, -0.15) is 0 Å². The zero-order valence-electron chi connectivity index (χ0n) is 13.4. The third kappa shape index (κ3) is 5.19. The molecule has 0 saturated carbocycles. The molecular weight excluding hydrogens is 288 g/mol. The fourth-order valence-electron chi connectivity index (χ4n) is 1.46. The summed E-state index contributed by atoms with van der Waals surface area (Å²) in [7, 11) is 1.48. The predicted octanol–water partition coefficient (Wildman–Crippen LogP) is 3.02. The van der Waals surface area contributed by atoms with Crippen LogP contribution < -0.4 is 9.80 Å². The molecule has 0 spiro atoms. The number of allylic oxidation sites excluding steroid dienone is 1. The van der Waals surface area contributed by atoms with Crippen LogP contribution in [0, 0.1) is 10.4 Å². The van der Waals surface area contributed by atoms with E-state index >= 15 is 0 Å². The first kappa shape index (κ1) is 18.2. The van der Waals surface area contributed by atoms with Gasteiger partial charge in [-0.25, -0.2) is 0 Å². The van der Waals surface area contributed by atoms with Crippen LogP contribution >= 0.6 is 0 Å². The molecule has 22 heavy (non-hydrogen) atoms. The first-order valence-corrected chi connectivity index (χ1v) is 6.79. The van der Waals surface area contributed by atoms with Gasteiger partial charge in [0.25, 0.3) is 0 Å². The predicted molar refractivity (Wildman–Crippen MR) is 84.8 cm³/mol. The lowest BCUT2D eigenvalue weighted by molar-refractivity contribution is -0.0997. The van der Waals surface area contributed by atoms with Crippen molar-refractivity contribution in [2.24, 2.45) is 0 Å². The highest BCUT2D eigenvalue weighted by Crippen LogP contribution is 2.25. The van der Waals surface area contributed by atoms with Crippen LogP contribution in [-0.4, -0.2) is 31.3 Å². The van der Waals surface area contributed by atoms with Gasteiger partial charge in [-0.3, -0.25) is 4.84 Å². The molecule has 0 fully saturated rings. The van der Waals surface area contributed by atoms with Gasteiger partial charge in [0, 0.05) is 18.5 Å². The molecule has 0 bridgehead atoms. The number of methoxy groups -OCH3 is 1. The number of hydrogen-bond donors (Lipinski definition) is 0. The maximum Gasteiger partial charge on any atom is 0.125 e. The number of anilines is 1. The molecule has 1 rings (SSSR count). The summed E-state index contributed by atoms with van der Waals surface area (Å²) in [4.78, 5) is 4.82. The van der Waals surface area contributed by atoms with Crippen molar-refractivity contribution < 1.29 is 14.3 Å². The van der Waals surface area contributed by atoms with Crippen molar-refractivity contribution in [3.05, 3.63) is 47.0 Å². The Kier molecular flexibility index (Phi) is 6.63. The van der Waals surface area contributed by atoms with Crippen molar-refractivity contribution in [3.63, 3.8) is 0 Å². The third-order valence-corrected chi connectivity index (χ3v) is 2.93. The maximum atomic E-state index is 12.1. The lowest BCUT2D eigenvalue weighted by Crippen LogP contribution is -2.41. The second kappa shape index (κ2) is 8.00. The van der Waals surface area contributed by atoms with Crippen molar-refractivity contribution in [3.8, 4) is 5.75 Å². The molecule has 0 saturated heterocycles. The van der Waals surface area contributed by atoms with Crippen LogP contribution in [0.4, 0.5) is 5.69 Å². The third-order valence-electron chi connectivity index (χ3n) is 2.93. The molecule has 124 valence electrons. The normalized spacial score (nSPS) is 11.2. The molecule has 0 aromatic heterocycles. The molecule has 0 aliphatic heterocycles. The Balaban J connectivity index is 2.47. The Morgan fingerprint density at radius 2 is 1.77 bits per heavy atom. The quantitative estimate of drug-likeness (QED) is 0.394. The van der Waals surface area contributed by atoms with E-state index in [1.807, 2.05) is 0 Å². The Morgan fingerprint density at radius 3 is 2.27 bits per heavy atom. The van der Waals surface area contributed by atoms with E-state index in [0.29, 0.717) is 16.7 Å². The molecule has 0 heterocycles. The summed E-state index contributed by atoms with van der Waals surface area (Å²) in [6, 6.07) is 6.61. The van der Waals surface area contributed by atoms with E-state index in [1.54, 1.807) is 45.0 Å². The second-order valence-electron chi connectivity index (χ2n) is 5.11. The molecule has 0 amide bonds. The highest BCUT2D eigenvalue weighted by molar-refractivity contribution is 5.51. The molecule has 0 aliphatic carbocycles. The first-order valence-electron chi connectivity index (χ1n) is 6.79. The molecule has 0 atom stereocenters. The lowest BCUT2D eigenvalue weighted by atomic mass is 10.2. The zero-order valence-corrected chi connectivity index (χ0v) is 13.4. The molecule has 1 aromatic rings. The van der Waals surface area contributed by atoms with Crippen molar-refractivity contribution >= 4 is 5.69 Å². The van der Waals surface area contributed by atoms with E-state index in [-0.39, 0.29) is 18.9 Å². The van der Waals surface area contributed by atoms with Crippen molar-refractivity contribution in [1.29, 1.82) is 0 Å². The van der Waals surface area contributed by atoms with E-state index in [9.17, 15) is 10.4 Å². The molecular formula is C15H22N2O5-2. The van der Waals surface area contributed by atoms with Gasteiger partial charge in [-0.1, -0.05) is 6.58 Å². The number of nitrogens with zero attached hydrogens (tertiary/aromatic N) is 2. The minimum Gasteiger partial charge on any atom is -0.756 e. The largest absolute Gasteiger partial charge is 0.756 e. The molecule has 0 N–H and O–H groups in total. The van der Waals surface area contributed by atoms with E-state index in [1.165, 1.54) is 7.11 Å². The van der Waals surface area contributed by atoms with Crippen LogP contribution in [-0.2, 0) is 9.57 Å². The van der Waals surface area contributed by atoms with E-state index in [4.69, 9.17) is 14.3 Å². The highest BCUT2D eigenvalue weighted by Gasteiger charge is 2.18. The van der Waals surface area contributed by atoms with Gasteiger partial charge < -0.3 is 30.2 Å². The molecule has 7 heteroatoms. The van der Waals surface area contributed by atoms with E-state index in [0.717, 1.165) is 5.06 Å². The summed E-state index contributed by atoms with van der Waals surface area (Å²) in [5.41, 5.74) is -0.222. The van der Waals surface area contributed by atoms with E-state index in [2.05, 4.69) is 6.58 Å². The van der Waals surface area contributed by atoms with Crippen molar-refractivity contribution in [2.75, 3.05) is 25.4 Å². The monoisotopic (exact) mass is 310 g/mol. The van der Waals surface area contributed by atoms with Gasteiger partial charge >= 0.3 is 0 Å². The Labute approximate surface area is 130 Å². The Morgan fingerprint density at radius 1 is 1.18 bits per heavy atom. The van der Waals surface area contributed by atoms with Gasteiger partial charge in [0.15, 0.2) is 0 Å². The number of benzene rings is 1. The van der Waals surface area contributed by atoms with Crippen LogP contribution in [0.3, 0.4) is 0 Å². The minimum absolute atomic E-state index is 0.0997. The van der Waals surface area contributed by atoms with Crippen molar-refractivity contribution in [2.45, 2.75) is 26.5 Å². The minimum atomic E-state index is -0.948. The Hall–Kier alpha value is -1.80. The van der Waals surface area contributed by atoms with Gasteiger partial charge in [-0.05, 0) is 45.0 Å². The van der Waals surface area contributed by atoms with E-state index < -0.39 is 5.72 Å². The summed E-state index contributed by atoms with van der Waals surface area (Å²) in [6.45, 7) is 8.65. The van der Waals surface area contributed by atoms with Crippen LogP contribution in [0.25, 0.3) is 0 Å². The second-order valence-corrected chi connectivity index (χ2v) is 5.11. The topological polar surface area (TPSA) is 80.3 Å². The lowest BCUT2D eigenvalue weighted by Gasteiger charge is -2.44. The maximum absolute atomic E-state index is 12.1. The highest BCUT2D eigenvalue weighted by atomic mass is 16.9. The Bertz CT molecular complexity index is 475.